The lowest BCUT2D eigenvalue weighted by Crippen LogP contribution is -2.08. The molecule has 1 saturated heterocycles. The molecule has 1 aromatic heterocycles. The van der Waals surface area contributed by atoms with Crippen molar-refractivity contribution in [2.24, 2.45) is 0 Å². The summed E-state index contributed by atoms with van der Waals surface area (Å²) in [5.41, 5.74) is 1.12. The Kier molecular flexibility index (Phi) is 3.77. The van der Waals surface area contributed by atoms with Gasteiger partial charge in [0.2, 0.25) is 0 Å². The molecule has 0 bridgehead atoms. The number of rotatable bonds is 4. The van der Waals surface area contributed by atoms with Crippen LogP contribution in [0.15, 0.2) is 6.07 Å². The van der Waals surface area contributed by atoms with E-state index in [0.29, 0.717) is 12.5 Å². The summed E-state index contributed by atoms with van der Waals surface area (Å²) in [7, 11) is 0. The van der Waals surface area contributed by atoms with E-state index in [2.05, 4.69) is 13.0 Å². The van der Waals surface area contributed by atoms with E-state index in [4.69, 9.17) is 4.74 Å². The first-order chi connectivity index (χ1) is 7.66. The molecule has 0 radical (unpaired) electrons. The number of ether oxygens (including phenoxy) is 1. The molecule has 16 heavy (non-hydrogen) atoms. The minimum Gasteiger partial charge on any atom is -0.378 e. The third-order valence-corrected chi connectivity index (χ3v) is 4.21. The highest BCUT2D eigenvalue weighted by Gasteiger charge is 2.18. The van der Waals surface area contributed by atoms with Crippen LogP contribution < -0.4 is 0 Å². The van der Waals surface area contributed by atoms with Gasteiger partial charge in [-0.05, 0) is 44.7 Å². The largest absolute Gasteiger partial charge is 0.378 e. The molecule has 3 heteroatoms. The molecule has 0 aromatic carbocycles. The predicted octanol–water partition coefficient (Wildman–Crippen LogP) is 3.51. The molecule has 1 aromatic rings. The summed E-state index contributed by atoms with van der Waals surface area (Å²) in [5.74, 6) is 0.283. The second-order valence-corrected chi connectivity index (χ2v) is 5.72. The van der Waals surface area contributed by atoms with Crippen LogP contribution >= 0.6 is 11.3 Å². The van der Waals surface area contributed by atoms with E-state index in [1.807, 2.05) is 6.92 Å². The van der Waals surface area contributed by atoms with Gasteiger partial charge in [-0.2, -0.15) is 0 Å². The lowest BCUT2D eigenvalue weighted by atomic mass is 10.1. The lowest BCUT2D eigenvalue weighted by molar-refractivity contribution is 0.0862. The van der Waals surface area contributed by atoms with Gasteiger partial charge in [-0.1, -0.05) is 0 Å². The molecule has 1 fully saturated rings. The zero-order valence-corrected chi connectivity index (χ0v) is 10.7. The molecular formula is C13H18O2S. The molecule has 1 aliphatic rings. The highest BCUT2D eigenvalue weighted by Crippen LogP contribution is 2.24. The number of ketones is 1. The number of thiophene rings is 1. The first-order valence-corrected chi connectivity index (χ1v) is 6.70. The van der Waals surface area contributed by atoms with Gasteiger partial charge >= 0.3 is 0 Å². The molecule has 88 valence electrons. The zero-order valence-electron chi connectivity index (χ0n) is 9.91. The van der Waals surface area contributed by atoms with Crippen molar-refractivity contribution < 1.29 is 9.53 Å². The second-order valence-electron chi connectivity index (χ2n) is 4.47. The van der Waals surface area contributed by atoms with Crippen molar-refractivity contribution in [1.29, 1.82) is 0 Å². The summed E-state index contributed by atoms with van der Waals surface area (Å²) in [6, 6.07) is 2.09. The van der Waals surface area contributed by atoms with E-state index in [0.717, 1.165) is 36.3 Å². The molecule has 1 atom stereocenters. The van der Waals surface area contributed by atoms with Crippen molar-refractivity contribution >= 4 is 17.1 Å². The van der Waals surface area contributed by atoms with E-state index in [-0.39, 0.29) is 5.78 Å². The Hall–Kier alpha value is -0.670. The Morgan fingerprint density at radius 2 is 2.38 bits per heavy atom. The van der Waals surface area contributed by atoms with Crippen LogP contribution in [0.25, 0.3) is 0 Å². The predicted molar refractivity (Wildman–Crippen MR) is 66.3 cm³/mol. The lowest BCUT2D eigenvalue weighted by Gasteiger charge is -2.07. The molecule has 1 unspecified atom stereocenters. The molecule has 2 heterocycles. The summed E-state index contributed by atoms with van der Waals surface area (Å²) in [6.45, 7) is 4.94. The van der Waals surface area contributed by atoms with E-state index < -0.39 is 0 Å². The average molecular weight is 238 g/mol. The van der Waals surface area contributed by atoms with Crippen molar-refractivity contribution in [3.8, 4) is 0 Å². The number of carbonyl (C=O) groups excluding carboxylic acids is 1. The smallest absolute Gasteiger partial charge is 0.173 e. The fourth-order valence-electron chi connectivity index (χ4n) is 2.20. The summed E-state index contributed by atoms with van der Waals surface area (Å²) in [4.78, 5) is 14.2. The van der Waals surface area contributed by atoms with Crippen LogP contribution in [0.1, 0.15) is 45.8 Å². The number of carbonyl (C=O) groups is 1. The van der Waals surface area contributed by atoms with Gasteiger partial charge in [0.05, 0.1) is 11.0 Å². The number of hydrogen-bond acceptors (Lipinski definition) is 3. The van der Waals surface area contributed by atoms with Gasteiger partial charge in [0, 0.05) is 17.9 Å². The van der Waals surface area contributed by atoms with E-state index in [9.17, 15) is 4.79 Å². The highest BCUT2D eigenvalue weighted by atomic mass is 32.1. The normalized spacial score (nSPS) is 20.2. The standard InChI is InChI=1S/C13H18O2S/c1-9-8-10(2)16-13(9)12(14)6-5-11-4-3-7-15-11/h8,11H,3-7H2,1-2H3. The fourth-order valence-corrected chi connectivity index (χ4v) is 3.19. The van der Waals surface area contributed by atoms with Crippen molar-refractivity contribution in [2.75, 3.05) is 6.61 Å². The molecule has 2 rings (SSSR count). The van der Waals surface area contributed by atoms with E-state index in [1.54, 1.807) is 11.3 Å². The summed E-state index contributed by atoms with van der Waals surface area (Å²) < 4.78 is 5.53. The van der Waals surface area contributed by atoms with E-state index in [1.165, 1.54) is 4.88 Å². The van der Waals surface area contributed by atoms with Crippen molar-refractivity contribution in [1.82, 2.24) is 0 Å². The summed E-state index contributed by atoms with van der Waals surface area (Å²) in [5, 5.41) is 0. The third kappa shape index (κ3) is 2.71. The Balaban J connectivity index is 1.90. The van der Waals surface area contributed by atoms with Crippen molar-refractivity contribution in [3.63, 3.8) is 0 Å². The first kappa shape index (κ1) is 11.8. The van der Waals surface area contributed by atoms with Crippen LogP contribution in [0.4, 0.5) is 0 Å². The highest BCUT2D eigenvalue weighted by molar-refractivity contribution is 7.14. The van der Waals surface area contributed by atoms with Gasteiger partial charge in [-0.15, -0.1) is 11.3 Å². The summed E-state index contributed by atoms with van der Waals surface area (Å²) >= 11 is 1.61. The average Bonchev–Trinajstić information content (AvgIpc) is 2.84. The Morgan fingerprint density at radius 1 is 1.56 bits per heavy atom. The van der Waals surface area contributed by atoms with Gasteiger partial charge in [0.1, 0.15) is 0 Å². The molecule has 0 aliphatic carbocycles. The van der Waals surface area contributed by atoms with E-state index >= 15 is 0 Å². The molecule has 0 spiro atoms. The van der Waals surface area contributed by atoms with Crippen LogP contribution in [0.3, 0.4) is 0 Å². The van der Waals surface area contributed by atoms with Crippen molar-refractivity contribution in [2.45, 2.75) is 45.6 Å². The van der Waals surface area contributed by atoms with Gasteiger partial charge in [0.15, 0.2) is 5.78 Å². The molecule has 0 saturated carbocycles. The Labute approximate surface area is 101 Å². The topological polar surface area (TPSA) is 26.3 Å². The van der Waals surface area contributed by atoms with Crippen LogP contribution in [-0.2, 0) is 4.74 Å². The van der Waals surface area contributed by atoms with Crippen LogP contribution in [-0.4, -0.2) is 18.5 Å². The molecule has 2 nitrogen and oxygen atoms in total. The molecule has 0 N–H and O–H groups in total. The number of Topliss-reactive ketones (excluding diaryl/α,β-unsaturated/α-hetero) is 1. The number of hydrogen-bond donors (Lipinski definition) is 0. The van der Waals surface area contributed by atoms with Gasteiger partial charge in [-0.25, -0.2) is 0 Å². The Morgan fingerprint density at radius 3 is 2.94 bits per heavy atom. The maximum absolute atomic E-state index is 12.0. The Bertz CT molecular complexity index is 375. The summed E-state index contributed by atoms with van der Waals surface area (Å²) in [6.07, 6.45) is 4.11. The third-order valence-electron chi connectivity index (χ3n) is 3.01. The first-order valence-electron chi connectivity index (χ1n) is 5.88. The van der Waals surface area contributed by atoms with Gasteiger partial charge < -0.3 is 4.74 Å². The molecular weight excluding hydrogens is 220 g/mol. The maximum atomic E-state index is 12.0. The minimum absolute atomic E-state index is 0.283. The van der Waals surface area contributed by atoms with Gasteiger partial charge in [-0.3, -0.25) is 4.79 Å². The van der Waals surface area contributed by atoms with Crippen LogP contribution in [0, 0.1) is 13.8 Å². The van der Waals surface area contributed by atoms with Gasteiger partial charge in [0.25, 0.3) is 0 Å². The van der Waals surface area contributed by atoms with Crippen LogP contribution in [0.2, 0.25) is 0 Å². The monoisotopic (exact) mass is 238 g/mol. The quantitative estimate of drug-likeness (QED) is 0.750. The fraction of sp³-hybridized carbons (Fsp3) is 0.615. The molecule has 0 amide bonds. The SMILES string of the molecule is Cc1cc(C)c(C(=O)CCC2CCCO2)s1. The van der Waals surface area contributed by atoms with Crippen molar-refractivity contribution in [3.05, 3.63) is 21.4 Å². The minimum atomic E-state index is 0.283. The zero-order chi connectivity index (χ0) is 11.5. The number of aryl methyl sites for hydroxylation is 2. The maximum Gasteiger partial charge on any atom is 0.173 e. The molecule has 1 aliphatic heterocycles. The van der Waals surface area contributed by atoms with Crippen LogP contribution in [0.5, 0.6) is 0 Å². The second kappa shape index (κ2) is 5.11.